The molecule has 5 heteroatoms. The molecule has 0 aliphatic carbocycles. The van der Waals surface area contributed by atoms with Crippen molar-refractivity contribution in [2.45, 2.75) is 10.7 Å². The Morgan fingerprint density at radius 1 is 1.00 bits per heavy atom. The number of benzene rings is 1. The van der Waals surface area contributed by atoms with Crippen LogP contribution in [0.2, 0.25) is 0 Å². The van der Waals surface area contributed by atoms with Gasteiger partial charge in [-0.3, -0.25) is 0 Å². The molecule has 20 heavy (non-hydrogen) atoms. The summed E-state index contributed by atoms with van der Waals surface area (Å²) in [5.74, 6) is 0. The Morgan fingerprint density at radius 3 is 2.30 bits per heavy atom. The molecule has 0 aliphatic heterocycles. The van der Waals surface area contributed by atoms with Gasteiger partial charge in [-0.1, -0.05) is 65.1 Å². The van der Waals surface area contributed by atoms with Gasteiger partial charge in [0.2, 0.25) is 3.79 Å². The Bertz CT molecular complexity index is 755. The topological polar surface area (TPSA) is 17.3 Å². The fraction of sp³-hybridized carbons (Fsp3) is 0.133. The van der Waals surface area contributed by atoms with Crippen LogP contribution in [0.5, 0.6) is 0 Å². The number of fused-ring (bicyclic) bond motifs is 1. The van der Waals surface area contributed by atoms with Gasteiger partial charge in [0.05, 0.1) is 5.69 Å². The molecular weight excluding hydrogens is 315 g/mol. The van der Waals surface area contributed by atoms with E-state index < -0.39 is 3.79 Å². The second-order valence-electron chi connectivity index (χ2n) is 4.60. The lowest BCUT2D eigenvalue weighted by molar-refractivity contribution is 1.09. The van der Waals surface area contributed by atoms with E-state index in [9.17, 15) is 0 Å². The molecule has 0 bridgehead atoms. The largest absolute Gasteiger partial charge is 0.304 e. The summed E-state index contributed by atoms with van der Waals surface area (Å²) in [5, 5.41) is 0. The van der Waals surface area contributed by atoms with Gasteiger partial charge in [-0.15, -0.1) is 0 Å². The van der Waals surface area contributed by atoms with E-state index in [1.54, 1.807) is 12.1 Å². The summed E-state index contributed by atoms with van der Waals surface area (Å²) in [6, 6.07) is 13.4. The number of nitrogens with zero attached hydrogens (tertiary/aromatic N) is 2. The molecule has 0 saturated heterocycles. The minimum absolute atomic E-state index is 0.645. The molecule has 0 radical (unpaired) electrons. The zero-order valence-electron chi connectivity index (χ0n) is 10.6. The van der Waals surface area contributed by atoms with Gasteiger partial charge in [0.15, 0.2) is 0 Å². The van der Waals surface area contributed by atoms with Crippen molar-refractivity contribution in [2.24, 2.45) is 0 Å². The Hall–Kier alpha value is -1.22. The van der Waals surface area contributed by atoms with E-state index in [0.29, 0.717) is 5.56 Å². The van der Waals surface area contributed by atoms with Gasteiger partial charge in [-0.05, 0) is 19.1 Å². The number of aryl methyl sites for hydroxylation is 1. The summed E-state index contributed by atoms with van der Waals surface area (Å²) >= 11 is 17.6. The Morgan fingerprint density at radius 2 is 1.70 bits per heavy atom. The van der Waals surface area contributed by atoms with Crippen LogP contribution in [-0.4, -0.2) is 9.38 Å². The number of imidazole rings is 1. The molecule has 2 aromatic heterocycles. The average Bonchev–Trinajstić information content (AvgIpc) is 2.83. The second-order valence-corrected chi connectivity index (χ2v) is 6.88. The minimum Gasteiger partial charge on any atom is -0.304 e. The Kier molecular flexibility index (Phi) is 3.41. The van der Waals surface area contributed by atoms with Crippen LogP contribution in [-0.2, 0) is 3.79 Å². The first kappa shape index (κ1) is 13.7. The Balaban J connectivity index is 2.05. The SMILES string of the molecule is Cc1cccc2nc(-c3ccc(C(Cl)(Cl)Cl)cc3)cn12. The molecule has 3 rings (SSSR count). The zero-order valence-corrected chi connectivity index (χ0v) is 12.9. The van der Waals surface area contributed by atoms with Crippen molar-refractivity contribution in [3.05, 3.63) is 59.9 Å². The highest BCUT2D eigenvalue weighted by atomic mass is 35.6. The van der Waals surface area contributed by atoms with E-state index in [1.165, 1.54) is 0 Å². The molecule has 0 amide bonds. The van der Waals surface area contributed by atoms with Crippen molar-refractivity contribution >= 4 is 40.4 Å². The molecule has 2 heterocycles. The van der Waals surface area contributed by atoms with E-state index in [1.807, 2.05) is 43.5 Å². The number of pyridine rings is 1. The van der Waals surface area contributed by atoms with Crippen LogP contribution in [0.4, 0.5) is 0 Å². The first-order valence-corrected chi connectivity index (χ1v) is 7.21. The highest BCUT2D eigenvalue weighted by Gasteiger charge is 2.22. The van der Waals surface area contributed by atoms with Gasteiger partial charge < -0.3 is 4.40 Å². The van der Waals surface area contributed by atoms with E-state index in [-0.39, 0.29) is 0 Å². The fourth-order valence-electron chi connectivity index (χ4n) is 2.12. The third-order valence-electron chi connectivity index (χ3n) is 3.20. The lowest BCUT2D eigenvalue weighted by atomic mass is 10.1. The van der Waals surface area contributed by atoms with Gasteiger partial charge >= 0.3 is 0 Å². The maximum absolute atomic E-state index is 5.85. The van der Waals surface area contributed by atoms with Crippen LogP contribution >= 0.6 is 34.8 Å². The van der Waals surface area contributed by atoms with Crippen molar-refractivity contribution in [1.82, 2.24) is 9.38 Å². The molecular formula is C15H11Cl3N2. The molecule has 0 saturated carbocycles. The number of rotatable bonds is 1. The molecule has 1 aromatic carbocycles. The molecule has 3 aromatic rings. The van der Waals surface area contributed by atoms with Crippen LogP contribution < -0.4 is 0 Å². The van der Waals surface area contributed by atoms with Crippen LogP contribution in [0, 0.1) is 6.92 Å². The summed E-state index contributed by atoms with van der Waals surface area (Å²) in [7, 11) is 0. The third kappa shape index (κ3) is 2.51. The van der Waals surface area contributed by atoms with Crippen molar-refractivity contribution in [3.63, 3.8) is 0 Å². The van der Waals surface area contributed by atoms with E-state index in [4.69, 9.17) is 34.8 Å². The van der Waals surface area contributed by atoms with E-state index in [2.05, 4.69) is 9.38 Å². The van der Waals surface area contributed by atoms with Gasteiger partial charge in [0.25, 0.3) is 0 Å². The van der Waals surface area contributed by atoms with Crippen LogP contribution in [0.15, 0.2) is 48.7 Å². The van der Waals surface area contributed by atoms with E-state index >= 15 is 0 Å². The number of aromatic nitrogens is 2. The molecule has 0 aliphatic rings. The lowest BCUT2D eigenvalue weighted by Gasteiger charge is -2.10. The highest BCUT2D eigenvalue weighted by molar-refractivity contribution is 6.66. The molecule has 0 unspecified atom stereocenters. The predicted molar refractivity (Wildman–Crippen MR) is 84.6 cm³/mol. The van der Waals surface area contributed by atoms with Crippen LogP contribution in [0.3, 0.4) is 0 Å². The predicted octanol–water partition coefficient (Wildman–Crippen LogP) is 5.14. The molecule has 0 atom stereocenters. The number of alkyl halides is 3. The van der Waals surface area contributed by atoms with Gasteiger partial charge in [0.1, 0.15) is 5.65 Å². The smallest absolute Gasteiger partial charge is 0.216 e. The van der Waals surface area contributed by atoms with Gasteiger partial charge in [-0.2, -0.15) is 0 Å². The fourth-order valence-corrected chi connectivity index (χ4v) is 2.50. The summed E-state index contributed by atoms with van der Waals surface area (Å²) in [5.41, 5.74) is 4.59. The average molecular weight is 326 g/mol. The number of hydrogen-bond acceptors (Lipinski definition) is 1. The van der Waals surface area contributed by atoms with Crippen molar-refractivity contribution in [1.29, 1.82) is 0 Å². The summed E-state index contributed by atoms with van der Waals surface area (Å²) in [4.78, 5) is 4.60. The highest BCUT2D eigenvalue weighted by Crippen LogP contribution is 2.38. The standard InChI is InChI=1S/C15H11Cl3N2/c1-10-3-2-4-14-19-13(9-20(10)14)11-5-7-12(8-6-11)15(16,17)18/h2-9H,1H3. The van der Waals surface area contributed by atoms with Crippen LogP contribution in [0.25, 0.3) is 16.9 Å². The summed E-state index contributed by atoms with van der Waals surface area (Å²) in [6.07, 6.45) is 2.01. The lowest BCUT2D eigenvalue weighted by Crippen LogP contribution is -1.98. The van der Waals surface area contributed by atoms with Gasteiger partial charge in [-0.25, -0.2) is 4.98 Å². The number of halogens is 3. The summed E-state index contributed by atoms with van der Waals surface area (Å²) < 4.78 is 0.659. The monoisotopic (exact) mass is 324 g/mol. The minimum atomic E-state index is -1.39. The first-order chi connectivity index (χ1) is 9.45. The molecule has 0 fully saturated rings. The Labute approximate surface area is 131 Å². The van der Waals surface area contributed by atoms with Crippen LogP contribution in [0.1, 0.15) is 11.3 Å². The van der Waals surface area contributed by atoms with E-state index in [0.717, 1.165) is 22.6 Å². The maximum Gasteiger partial charge on any atom is 0.216 e. The molecule has 0 N–H and O–H groups in total. The second kappa shape index (κ2) is 4.96. The van der Waals surface area contributed by atoms with Crippen molar-refractivity contribution in [2.75, 3.05) is 0 Å². The normalized spacial score (nSPS) is 12.0. The third-order valence-corrected chi connectivity index (χ3v) is 3.86. The summed E-state index contributed by atoms with van der Waals surface area (Å²) in [6.45, 7) is 2.05. The quantitative estimate of drug-likeness (QED) is 0.566. The zero-order chi connectivity index (χ0) is 14.3. The van der Waals surface area contributed by atoms with Crippen molar-refractivity contribution < 1.29 is 0 Å². The molecule has 0 spiro atoms. The van der Waals surface area contributed by atoms with Crippen molar-refractivity contribution in [3.8, 4) is 11.3 Å². The maximum atomic E-state index is 5.85. The molecule has 2 nitrogen and oxygen atoms in total. The first-order valence-electron chi connectivity index (χ1n) is 6.07. The molecule has 102 valence electrons. The van der Waals surface area contributed by atoms with Gasteiger partial charge in [0, 0.05) is 23.0 Å². The number of hydrogen-bond donors (Lipinski definition) is 0.